The third-order valence-corrected chi connectivity index (χ3v) is 5.62. The molecule has 0 unspecified atom stereocenters. The second-order valence-corrected chi connectivity index (χ2v) is 8.06. The van der Waals surface area contributed by atoms with Gasteiger partial charge in [0, 0.05) is 37.1 Å². The second-order valence-electron chi connectivity index (χ2n) is 8.06. The average Bonchev–Trinajstić information content (AvgIpc) is 3.29. The molecule has 1 saturated heterocycles. The molecule has 2 aromatic carbocycles. The minimum absolute atomic E-state index is 0.173. The van der Waals surface area contributed by atoms with Gasteiger partial charge in [0.15, 0.2) is 0 Å². The van der Waals surface area contributed by atoms with Gasteiger partial charge in [0.1, 0.15) is 5.82 Å². The first-order valence-electron chi connectivity index (χ1n) is 11.1. The van der Waals surface area contributed by atoms with Crippen LogP contribution in [-0.2, 0) is 11.2 Å². The van der Waals surface area contributed by atoms with E-state index in [2.05, 4.69) is 20.4 Å². The Kier molecular flexibility index (Phi) is 6.97. The van der Waals surface area contributed by atoms with Crippen molar-refractivity contribution in [3.05, 3.63) is 59.7 Å². The van der Waals surface area contributed by atoms with Gasteiger partial charge in [-0.2, -0.15) is 4.98 Å². The van der Waals surface area contributed by atoms with Crippen LogP contribution in [0.15, 0.2) is 47.0 Å². The number of amides is 2. The number of aryl methyl sites for hydroxylation is 1. The molecule has 0 saturated carbocycles. The number of rotatable bonds is 8. The Bertz CT molecular complexity index is 1120. The van der Waals surface area contributed by atoms with E-state index in [4.69, 9.17) is 10.3 Å². The van der Waals surface area contributed by atoms with Gasteiger partial charge in [-0.25, -0.2) is 4.39 Å². The first kappa shape index (κ1) is 22.4. The minimum atomic E-state index is -0.538. The van der Waals surface area contributed by atoms with Gasteiger partial charge >= 0.3 is 0 Å². The molecule has 9 heteroatoms. The summed E-state index contributed by atoms with van der Waals surface area (Å²) in [5, 5.41) is 6.85. The van der Waals surface area contributed by atoms with Crippen LogP contribution in [0, 0.1) is 5.82 Å². The number of nitrogens with zero attached hydrogens (tertiary/aromatic N) is 3. The van der Waals surface area contributed by atoms with Gasteiger partial charge in [0.25, 0.3) is 0 Å². The van der Waals surface area contributed by atoms with Gasteiger partial charge in [-0.3, -0.25) is 9.59 Å². The average molecular weight is 452 g/mol. The van der Waals surface area contributed by atoms with Crippen LogP contribution in [-0.4, -0.2) is 35.0 Å². The lowest BCUT2D eigenvalue weighted by molar-refractivity contribution is -0.116. The van der Waals surface area contributed by atoms with Crippen molar-refractivity contribution in [3.63, 3.8) is 0 Å². The fraction of sp³-hybridized carbons (Fsp3) is 0.333. The summed E-state index contributed by atoms with van der Waals surface area (Å²) in [6.07, 6.45) is 4.56. The van der Waals surface area contributed by atoms with E-state index in [0.29, 0.717) is 41.4 Å². The molecule has 1 fully saturated rings. The van der Waals surface area contributed by atoms with Crippen LogP contribution in [0.4, 0.5) is 15.8 Å². The number of primary amides is 1. The largest absolute Gasteiger partial charge is 0.370 e. The predicted molar refractivity (Wildman–Crippen MR) is 122 cm³/mol. The van der Waals surface area contributed by atoms with Crippen LogP contribution in [0.5, 0.6) is 0 Å². The van der Waals surface area contributed by atoms with Gasteiger partial charge < -0.3 is 20.5 Å². The molecule has 3 N–H and O–H groups in total. The minimum Gasteiger partial charge on any atom is -0.370 e. The molecule has 0 radical (unpaired) electrons. The number of hydrogen-bond acceptors (Lipinski definition) is 6. The molecule has 1 aromatic heterocycles. The highest BCUT2D eigenvalue weighted by atomic mass is 19.1. The summed E-state index contributed by atoms with van der Waals surface area (Å²) in [7, 11) is 0. The topological polar surface area (TPSA) is 114 Å². The smallest absolute Gasteiger partial charge is 0.248 e. The Morgan fingerprint density at radius 1 is 1.09 bits per heavy atom. The van der Waals surface area contributed by atoms with Crippen molar-refractivity contribution in [2.45, 2.75) is 38.5 Å². The number of nitrogens with one attached hydrogen (secondary N) is 1. The van der Waals surface area contributed by atoms with E-state index < -0.39 is 5.91 Å². The zero-order valence-electron chi connectivity index (χ0n) is 18.2. The maximum atomic E-state index is 13.1. The second kappa shape index (κ2) is 10.2. The number of carbonyl (C=O) groups is 2. The van der Waals surface area contributed by atoms with E-state index in [1.165, 1.54) is 18.6 Å². The van der Waals surface area contributed by atoms with Gasteiger partial charge in [0.05, 0.1) is 11.4 Å². The van der Waals surface area contributed by atoms with Crippen molar-refractivity contribution in [1.29, 1.82) is 0 Å². The van der Waals surface area contributed by atoms with Crippen molar-refractivity contribution >= 4 is 23.2 Å². The maximum absolute atomic E-state index is 13.1. The lowest BCUT2D eigenvalue weighted by Gasteiger charge is -2.30. The van der Waals surface area contributed by atoms with Crippen LogP contribution >= 0.6 is 0 Å². The van der Waals surface area contributed by atoms with Crippen molar-refractivity contribution in [2.75, 3.05) is 23.3 Å². The number of nitrogens with two attached hydrogens (primary N) is 1. The number of piperidine rings is 1. The SMILES string of the molecule is NC(=O)c1ccc(N2CCCCC2)c(NC(=O)CCCc2nc(-c3ccc(F)cc3)no2)c1. The standard InChI is InChI=1S/C24H26FN5O3/c25-18-10-7-16(8-11-18)24-28-22(33-29-24)6-4-5-21(31)27-19-15-17(23(26)32)9-12-20(19)30-13-2-1-3-14-30/h7-12,15H,1-6,13-14H2,(H2,26,32)(H,27,31). The Morgan fingerprint density at radius 3 is 2.58 bits per heavy atom. The zero-order valence-corrected chi connectivity index (χ0v) is 18.2. The van der Waals surface area contributed by atoms with Crippen LogP contribution in [0.2, 0.25) is 0 Å². The van der Waals surface area contributed by atoms with E-state index in [9.17, 15) is 14.0 Å². The summed E-state index contributed by atoms with van der Waals surface area (Å²) in [5.41, 5.74) is 7.93. The first-order chi connectivity index (χ1) is 16.0. The van der Waals surface area contributed by atoms with Gasteiger partial charge in [-0.05, 0) is 68.1 Å². The van der Waals surface area contributed by atoms with Crippen LogP contribution in [0.1, 0.15) is 48.4 Å². The molecule has 33 heavy (non-hydrogen) atoms. The molecule has 8 nitrogen and oxygen atoms in total. The molecule has 1 aliphatic rings. The third kappa shape index (κ3) is 5.74. The number of hydrogen-bond donors (Lipinski definition) is 2. The van der Waals surface area contributed by atoms with E-state index >= 15 is 0 Å². The van der Waals surface area contributed by atoms with E-state index in [1.54, 1.807) is 24.3 Å². The number of benzene rings is 2. The molecule has 3 aromatic rings. The maximum Gasteiger partial charge on any atom is 0.248 e. The van der Waals surface area contributed by atoms with Gasteiger partial charge in [-0.15, -0.1) is 0 Å². The van der Waals surface area contributed by atoms with Crippen LogP contribution < -0.4 is 16.0 Å². The third-order valence-electron chi connectivity index (χ3n) is 5.62. The summed E-state index contributed by atoms with van der Waals surface area (Å²) in [5.74, 6) is -0.258. The Morgan fingerprint density at radius 2 is 1.85 bits per heavy atom. The van der Waals surface area contributed by atoms with Crippen molar-refractivity contribution in [1.82, 2.24) is 10.1 Å². The molecule has 2 amide bonds. The molecule has 0 atom stereocenters. The molecule has 0 bridgehead atoms. The predicted octanol–water partition coefficient (Wildman–Crippen LogP) is 3.93. The van der Waals surface area contributed by atoms with Crippen molar-refractivity contribution in [2.24, 2.45) is 5.73 Å². The molecule has 4 rings (SSSR count). The highest BCUT2D eigenvalue weighted by Gasteiger charge is 2.18. The quantitative estimate of drug-likeness (QED) is 0.536. The lowest BCUT2D eigenvalue weighted by atomic mass is 10.1. The number of anilines is 2. The highest BCUT2D eigenvalue weighted by molar-refractivity contribution is 5.99. The zero-order chi connectivity index (χ0) is 23.2. The van der Waals surface area contributed by atoms with Crippen LogP contribution in [0.3, 0.4) is 0 Å². The van der Waals surface area contributed by atoms with Crippen molar-refractivity contribution in [3.8, 4) is 11.4 Å². The van der Waals surface area contributed by atoms with E-state index in [1.807, 2.05) is 6.07 Å². The van der Waals surface area contributed by atoms with E-state index in [0.717, 1.165) is 31.6 Å². The Balaban J connectivity index is 1.36. The van der Waals surface area contributed by atoms with Gasteiger partial charge in [0.2, 0.25) is 23.5 Å². The summed E-state index contributed by atoms with van der Waals surface area (Å²) in [6, 6.07) is 11.0. The molecule has 0 aliphatic carbocycles. The number of halogens is 1. The summed E-state index contributed by atoms with van der Waals surface area (Å²) in [6.45, 7) is 1.82. The molecule has 172 valence electrons. The van der Waals surface area contributed by atoms with E-state index in [-0.39, 0.29) is 18.1 Å². The number of carbonyl (C=O) groups excluding carboxylic acids is 2. The van der Waals surface area contributed by atoms with Gasteiger partial charge in [-0.1, -0.05) is 5.16 Å². The molecule has 2 heterocycles. The summed E-state index contributed by atoms with van der Waals surface area (Å²) >= 11 is 0. The summed E-state index contributed by atoms with van der Waals surface area (Å²) in [4.78, 5) is 30.8. The molecular formula is C24H26FN5O3. The fourth-order valence-electron chi connectivity index (χ4n) is 3.89. The van der Waals surface area contributed by atoms with Crippen LogP contribution in [0.25, 0.3) is 11.4 Å². The molecular weight excluding hydrogens is 425 g/mol. The molecule has 0 spiro atoms. The number of aromatic nitrogens is 2. The first-order valence-corrected chi connectivity index (χ1v) is 11.1. The van der Waals surface area contributed by atoms with Crippen molar-refractivity contribution < 1.29 is 18.5 Å². The lowest BCUT2D eigenvalue weighted by Crippen LogP contribution is -2.30. The normalized spacial score (nSPS) is 13.7. The summed E-state index contributed by atoms with van der Waals surface area (Å²) < 4.78 is 18.3. The Hall–Kier alpha value is -3.75. The fourth-order valence-corrected chi connectivity index (χ4v) is 3.89. The monoisotopic (exact) mass is 451 g/mol. The highest BCUT2D eigenvalue weighted by Crippen LogP contribution is 2.30. The Labute approximate surface area is 191 Å². The molecule has 1 aliphatic heterocycles.